The molecule has 1 aromatic rings. The molecule has 0 N–H and O–H groups in total. The highest BCUT2D eigenvalue weighted by atomic mass is 79.9. The van der Waals surface area contributed by atoms with Gasteiger partial charge in [0.1, 0.15) is 0 Å². The van der Waals surface area contributed by atoms with Crippen LogP contribution in [0, 0.1) is 0 Å². The van der Waals surface area contributed by atoms with E-state index in [2.05, 4.69) is 27.8 Å². The molecule has 4 rings (SSSR count). The number of benzene rings is 1. The molecule has 0 fully saturated rings. The summed E-state index contributed by atoms with van der Waals surface area (Å²) in [6.45, 7) is 2.82. The lowest BCUT2D eigenvalue weighted by Gasteiger charge is -2.42. The number of allylic oxidation sites excluding steroid dienone is 4. The maximum Gasteiger partial charge on any atom is 0.175 e. The number of hydrogen-bond donors (Lipinski definition) is 0. The molecule has 0 aromatic heterocycles. The zero-order valence-electron chi connectivity index (χ0n) is 20.0. The molecule has 3 aliphatic rings. The smallest absolute Gasteiger partial charge is 0.175 e. The molecule has 1 aromatic carbocycles. The summed E-state index contributed by atoms with van der Waals surface area (Å²) >= 11 is 3.69. The topological polar surface area (TPSA) is 55.8 Å². The SMILES string of the molecule is CCCCCCOc1c(Br)cc(C2C3=C(CCCC3=O)N(C)C3=C2C(=O)CCC3)cc1OC. The van der Waals surface area contributed by atoms with Crippen molar-refractivity contribution in [3.8, 4) is 11.5 Å². The number of ketones is 2. The highest BCUT2D eigenvalue weighted by molar-refractivity contribution is 9.10. The van der Waals surface area contributed by atoms with E-state index in [9.17, 15) is 9.59 Å². The molecule has 178 valence electrons. The van der Waals surface area contributed by atoms with Gasteiger partial charge in [0.2, 0.25) is 0 Å². The first-order valence-electron chi connectivity index (χ1n) is 12.2. The van der Waals surface area contributed by atoms with E-state index in [1.54, 1.807) is 7.11 Å². The number of halogens is 1. The van der Waals surface area contributed by atoms with Crippen molar-refractivity contribution in [2.45, 2.75) is 77.0 Å². The number of nitrogens with zero attached hydrogens (tertiary/aromatic N) is 1. The van der Waals surface area contributed by atoms with Gasteiger partial charge in [-0.3, -0.25) is 9.59 Å². The second kappa shape index (κ2) is 10.5. The van der Waals surface area contributed by atoms with Gasteiger partial charge in [-0.2, -0.15) is 0 Å². The van der Waals surface area contributed by atoms with E-state index in [0.717, 1.165) is 71.1 Å². The third-order valence-corrected chi connectivity index (χ3v) is 7.66. The van der Waals surface area contributed by atoms with E-state index < -0.39 is 0 Å². The lowest BCUT2D eigenvalue weighted by atomic mass is 9.71. The molecule has 0 saturated carbocycles. The lowest BCUT2D eigenvalue weighted by Crippen LogP contribution is -2.37. The van der Waals surface area contributed by atoms with Gasteiger partial charge in [-0.15, -0.1) is 0 Å². The van der Waals surface area contributed by atoms with Crippen LogP contribution in [-0.2, 0) is 9.59 Å². The predicted octanol–water partition coefficient (Wildman–Crippen LogP) is 6.46. The Morgan fingerprint density at radius 3 is 2.18 bits per heavy atom. The summed E-state index contributed by atoms with van der Waals surface area (Å²) in [5.41, 5.74) is 4.66. The first kappa shape index (κ1) is 24.1. The van der Waals surface area contributed by atoms with Crippen LogP contribution in [0.5, 0.6) is 11.5 Å². The van der Waals surface area contributed by atoms with Gasteiger partial charge in [0.25, 0.3) is 0 Å². The fraction of sp³-hybridized carbons (Fsp3) is 0.556. The molecule has 33 heavy (non-hydrogen) atoms. The van der Waals surface area contributed by atoms with Crippen LogP contribution in [0.2, 0.25) is 0 Å². The van der Waals surface area contributed by atoms with Crippen LogP contribution in [0.25, 0.3) is 0 Å². The first-order chi connectivity index (χ1) is 16.0. The third kappa shape index (κ3) is 4.64. The molecular weight excluding hydrogens is 482 g/mol. The molecule has 0 unspecified atom stereocenters. The second-order valence-electron chi connectivity index (χ2n) is 9.21. The van der Waals surface area contributed by atoms with Crippen LogP contribution in [0.15, 0.2) is 39.1 Å². The number of methoxy groups -OCH3 is 1. The average molecular weight is 516 g/mol. The van der Waals surface area contributed by atoms with Gasteiger partial charge < -0.3 is 14.4 Å². The summed E-state index contributed by atoms with van der Waals surface area (Å²) in [4.78, 5) is 28.5. The number of unbranched alkanes of at least 4 members (excludes halogenated alkanes) is 3. The van der Waals surface area contributed by atoms with Crippen molar-refractivity contribution in [3.63, 3.8) is 0 Å². The summed E-state index contributed by atoms with van der Waals surface area (Å²) in [5.74, 6) is 1.29. The van der Waals surface area contributed by atoms with Crippen LogP contribution in [0.4, 0.5) is 0 Å². The van der Waals surface area contributed by atoms with Crippen molar-refractivity contribution < 1.29 is 19.1 Å². The molecule has 6 heteroatoms. The number of hydrogen-bond acceptors (Lipinski definition) is 5. The summed E-state index contributed by atoms with van der Waals surface area (Å²) < 4.78 is 12.6. The maximum atomic E-state index is 13.2. The minimum absolute atomic E-state index is 0.157. The Kier molecular flexibility index (Phi) is 7.62. The van der Waals surface area contributed by atoms with Crippen molar-refractivity contribution in [1.82, 2.24) is 4.90 Å². The van der Waals surface area contributed by atoms with Gasteiger partial charge in [-0.25, -0.2) is 0 Å². The Morgan fingerprint density at radius 2 is 1.61 bits per heavy atom. The molecule has 0 amide bonds. The van der Waals surface area contributed by atoms with Crippen molar-refractivity contribution >= 4 is 27.5 Å². The summed E-state index contributed by atoms with van der Waals surface area (Å²) in [6.07, 6.45) is 9.07. The van der Waals surface area contributed by atoms with E-state index in [-0.39, 0.29) is 17.5 Å². The predicted molar refractivity (Wildman–Crippen MR) is 133 cm³/mol. The van der Waals surface area contributed by atoms with Crippen LogP contribution in [0.3, 0.4) is 0 Å². The zero-order chi connectivity index (χ0) is 23.5. The van der Waals surface area contributed by atoms with Crippen molar-refractivity contribution in [2.24, 2.45) is 0 Å². The number of carbonyl (C=O) groups is 2. The van der Waals surface area contributed by atoms with E-state index >= 15 is 0 Å². The first-order valence-corrected chi connectivity index (χ1v) is 13.0. The Balaban J connectivity index is 1.76. The summed E-state index contributed by atoms with van der Waals surface area (Å²) in [7, 11) is 3.65. The maximum absolute atomic E-state index is 13.2. The van der Waals surface area contributed by atoms with Crippen LogP contribution < -0.4 is 9.47 Å². The third-order valence-electron chi connectivity index (χ3n) is 7.07. The molecule has 2 aliphatic carbocycles. The van der Waals surface area contributed by atoms with Crippen molar-refractivity contribution in [1.29, 1.82) is 0 Å². The fourth-order valence-electron chi connectivity index (χ4n) is 5.44. The molecule has 0 radical (unpaired) electrons. The van der Waals surface area contributed by atoms with Crippen LogP contribution >= 0.6 is 15.9 Å². The molecule has 0 bridgehead atoms. The minimum atomic E-state index is -0.337. The van der Waals surface area contributed by atoms with Gasteiger partial charge >= 0.3 is 0 Å². The minimum Gasteiger partial charge on any atom is -0.493 e. The van der Waals surface area contributed by atoms with E-state index in [1.807, 2.05) is 19.2 Å². The molecule has 0 atom stereocenters. The van der Waals surface area contributed by atoms with Gasteiger partial charge in [0, 0.05) is 48.3 Å². The molecule has 5 nitrogen and oxygen atoms in total. The number of Topliss-reactive ketones (excluding diaryl/α,β-unsaturated/α-hetero) is 2. The Hall–Kier alpha value is -2.08. The van der Waals surface area contributed by atoms with E-state index in [0.29, 0.717) is 30.9 Å². The standard InChI is InChI=1S/C27H34BrNO4/c1-4-5-6-7-14-33-27-18(28)15-17(16-23(27)32-3)24-25-19(10-8-12-21(25)30)29(2)20-11-9-13-22(31)26(20)24/h15-16,24H,4-14H2,1-3H3. The lowest BCUT2D eigenvalue weighted by molar-refractivity contribution is -0.117. The zero-order valence-corrected chi connectivity index (χ0v) is 21.6. The fourth-order valence-corrected chi connectivity index (χ4v) is 6.01. The molecular formula is C27H34BrNO4. The van der Waals surface area contributed by atoms with Gasteiger partial charge in [-0.1, -0.05) is 26.2 Å². The van der Waals surface area contributed by atoms with Crippen molar-refractivity contribution in [2.75, 3.05) is 20.8 Å². The summed E-state index contributed by atoms with van der Waals surface area (Å²) in [5, 5.41) is 0. The highest BCUT2D eigenvalue weighted by Crippen LogP contribution is 2.50. The van der Waals surface area contributed by atoms with Gasteiger partial charge in [0.05, 0.1) is 18.2 Å². The highest BCUT2D eigenvalue weighted by Gasteiger charge is 2.42. The van der Waals surface area contributed by atoms with Gasteiger partial charge in [-0.05, 0) is 65.7 Å². The van der Waals surface area contributed by atoms with E-state index in [1.165, 1.54) is 12.8 Å². The quantitative estimate of drug-likeness (QED) is 0.371. The Labute approximate surface area is 205 Å². The number of rotatable bonds is 8. The number of ether oxygens (including phenoxy) is 2. The Bertz CT molecular complexity index is 966. The summed E-state index contributed by atoms with van der Waals surface area (Å²) in [6, 6.07) is 3.97. The Morgan fingerprint density at radius 1 is 0.970 bits per heavy atom. The largest absolute Gasteiger partial charge is 0.493 e. The van der Waals surface area contributed by atoms with Crippen molar-refractivity contribution in [3.05, 3.63) is 44.7 Å². The molecule has 0 spiro atoms. The molecule has 0 saturated heterocycles. The molecule has 1 heterocycles. The second-order valence-corrected chi connectivity index (χ2v) is 10.1. The monoisotopic (exact) mass is 515 g/mol. The van der Waals surface area contributed by atoms with Gasteiger partial charge in [0.15, 0.2) is 23.1 Å². The van der Waals surface area contributed by atoms with E-state index in [4.69, 9.17) is 9.47 Å². The molecule has 1 aliphatic heterocycles. The number of carbonyl (C=O) groups excluding carboxylic acids is 2. The normalized spacial score (nSPS) is 19.1. The average Bonchev–Trinajstić information content (AvgIpc) is 2.81. The van der Waals surface area contributed by atoms with Crippen LogP contribution in [-0.4, -0.2) is 37.2 Å². The van der Waals surface area contributed by atoms with Crippen LogP contribution in [0.1, 0.15) is 82.6 Å².